The second kappa shape index (κ2) is 4.24. The SMILES string of the molecule is COC[C@@H](C)SC(C)(C)C. The molecule has 2 heteroatoms. The third-order valence-corrected chi connectivity index (χ3v) is 2.20. The van der Waals surface area contributed by atoms with E-state index in [1.807, 2.05) is 11.8 Å². The summed E-state index contributed by atoms with van der Waals surface area (Å²) in [5.41, 5.74) is 0. The van der Waals surface area contributed by atoms with Gasteiger partial charge in [-0.25, -0.2) is 0 Å². The van der Waals surface area contributed by atoms with Gasteiger partial charge in [-0.3, -0.25) is 0 Å². The smallest absolute Gasteiger partial charge is 0.0578 e. The van der Waals surface area contributed by atoms with Crippen molar-refractivity contribution in [3.63, 3.8) is 0 Å². The van der Waals surface area contributed by atoms with Crippen LogP contribution in [-0.2, 0) is 4.74 Å². The van der Waals surface area contributed by atoms with E-state index in [4.69, 9.17) is 4.74 Å². The van der Waals surface area contributed by atoms with E-state index in [1.54, 1.807) is 7.11 Å². The average molecular weight is 162 g/mol. The first-order valence-corrected chi connectivity index (χ1v) is 4.50. The summed E-state index contributed by atoms with van der Waals surface area (Å²) in [6, 6.07) is 0. The molecule has 1 atom stereocenters. The highest BCUT2D eigenvalue weighted by atomic mass is 32.2. The highest BCUT2D eigenvalue weighted by molar-refractivity contribution is 8.01. The monoisotopic (exact) mass is 162 g/mol. The van der Waals surface area contributed by atoms with Crippen LogP contribution in [-0.4, -0.2) is 23.7 Å². The van der Waals surface area contributed by atoms with E-state index in [0.717, 1.165) is 6.61 Å². The van der Waals surface area contributed by atoms with Gasteiger partial charge in [-0.1, -0.05) is 27.7 Å². The second-order valence-corrected chi connectivity index (χ2v) is 5.76. The summed E-state index contributed by atoms with van der Waals surface area (Å²) in [4.78, 5) is 0. The molecule has 0 aliphatic rings. The molecule has 0 aliphatic heterocycles. The summed E-state index contributed by atoms with van der Waals surface area (Å²) in [6.07, 6.45) is 0. The normalized spacial score (nSPS) is 15.3. The van der Waals surface area contributed by atoms with Crippen molar-refractivity contribution in [3.05, 3.63) is 0 Å². The molecule has 1 nitrogen and oxygen atoms in total. The van der Waals surface area contributed by atoms with Crippen molar-refractivity contribution in [2.24, 2.45) is 0 Å². The van der Waals surface area contributed by atoms with Crippen LogP contribution in [0.3, 0.4) is 0 Å². The Morgan fingerprint density at radius 1 is 1.40 bits per heavy atom. The lowest BCUT2D eigenvalue weighted by Crippen LogP contribution is -2.16. The lowest BCUT2D eigenvalue weighted by molar-refractivity contribution is 0.202. The van der Waals surface area contributed by atoms with E-state index in [9.17, 15) is 0 Å². The van der Waals surface area contributed by atoms with Crippen LogP contribution < -0.4 is 0 Å². The minimum absolute atomic E-state index is 0.359. The maximum Gasteiger partial charge on any atom is 0.0578 e. The predicted octanol–water partition coefficient (Wildman–Crippen LogP) is 2.55. The summed E-state index contributed by atoms with van der Waals surface area (Å²) >= 11 is 1.96. The Kier molecular flexibility index (Phi) is 4.37. The number of rotatable bonds is 3. The zero-order valence-electron chi connectivity index (χ0n) is 7.60. The van der Waals surface area contributed by atoms with Crippen LogP contribution >= 0.6 is 11.8 Å². The fraction of sp³-hybridized carbons (Fsp3) is 1.00. The Morgan fingerprint density at radius 2 is 1.90 bits per heavy atom. The molecule has 0 amide bonds. The summed E-state index contributed by atoms with van der Waals surface area (Å²) in [5, 5.41) is 0.602. The van der Waals surface area contributed by atoms with Gasteiger partial charge >= 0.3 is 0 Å². The minimum atomic E-state index is 0.359. The molecule has 0 aliphatic carbocycles. The predicted molar refractivity (Wildman–Crippen MR) is 48.7 cm³/mol. The summed E-state index contributed by atoms with van der Waals surface area (Å²) in [5.74, 6) is 0. The largest absolute Gasteiger partial charge is 0.384 e. The van der Waals surface area contributed by atoms with Gasteiger partial charge in [0.25, 0.3) is 0 Å². The van der Waals surface area contributed by atoms with Gasteiger partial charge in [0.1, 0.15) is 0 Å². The van der Waals surface area contributed by atoms with Crippen LogP contribution in [0, 0.1) is 0 Å². The Balaban J connectivity index is 3.47. The third kappa shape index (κ3) is 6.43. The van der Waals surface area contributed by atoms with Crippen LogP contribution in [0.2, 0.25) is 0 Å². The highest BCUT2D eigenvalue weighted by Crippen LogP contribution is 2.27. The third-order valence-electron chi connectivity index (χ3n) is 0.956. The molecule has 0 fully saturated rings. The van der Waals surface area contributed by atoms with Gasteiger partial charge in [-0.2, -0.15) is 11.8 Å². The molecule has 0 aromatic rings. The molecule has 10 heavy (non-hydrogen) atoms. The zero-order valence-corrected chi connectivity index (χ0v) is 8.42. The number of methoxy groups -OCH3 is 1. The minimum Gasteiger partial charge on any atom is -0.384 e. The van der Waals surface area contributed by atoms with Crippen LogP contribution in [0.1, 0.15) is 27.7 Å². The van der Waals surface area contributed by atoms with E-state index < -0.39 is 0 Å². The van der Waals surface area contributed by atoms with Crippen LogP contribution in [0.15, 0.2) is 0 Å². The van der Waals surface area contributed by atoms with Gasteiger partial charge in [0.15, 0.2) is 0 Å². The number of hydrogen-bond donors (Lipinski definition) is 0. The first-order valence-electron chi connectivity index (χ1n) is 3.62. The lowest BCUT2D eigenvalue weighted by Gasteiger charge is -2.22. The van der Waals surface area contributed by atoms with Crippen molar-refractivity contribution in [1.29, 1.82) is 0 Å². The number of thioether (sulfide) groups is 1. The van der Waals surface area contributed by atoms with Crippen molar-refractivity contribution in [2.75, 3.05) is 13.7 Å². The van der Waals surface area contributed by atoms with Crippen LogP contribution in [0.5, 0.6) is 0 Å². The van der Waals surface area contributed by atoms with Crippen molar-refractivity contribution < 1.29 is 4.74 Å². The van der Waals surface area contributed by atoms with Gasteiger partial charge < -0.3 is 4.74 Å². The zero-order chi connectivity index (χ0) is 8.20. The van der Waals surface area contributed by atoms with Gasteiger partial charge in [0.05, 0.1) is 6.61 Å². The van der Waals surface area contributed by atoms with E-state index in [0.29, 0.717) is 10.00 Å². The molecule has 62 valence electrons. The molecule has 0 saturated carbocycles. The molecule has 0 rings (SSSR count). The molecule has 0 aromatic heterocycles. The fourth-order valence-electron chi connectivity index (χ4n) is 0.872. The van der Waals surface area contributed by atoms with Gasteiger partial charge in [-0.15, -0.1) is 0 Å². The molecule has 0 heterocycles. The Morgan fingerprint density at radius 3 is 2.20 bits per heavy atom. The topological polar surface area (TPSA) is 9.23 Å². The highest BCUT2D eigenvalue weighted by Gasteiger charge is 2.14. The molecular weight excluding hydrogens is 144 g/mol. The molecule has 0 radical (unpaired) electrons. The maximum absolute atomic E-state index is 5.03. The van der Waals surface area contributed by atoms with E-state index in [-0.39, 0.29) is 0 Å². The van der Waals surface area contributed by atoms with Crippen LogP contribution in [0.4, 0.5) is 0 Å². The van der Waals surface area contributed by atoms with Gasteiger partial charge in [0.2, 0.25) is 0 Å². The fourth-order valence-corrected chi connectivity index (χ4v) is 2.28. The Hall–Kier alpha value is 0.310. The quantitative estimate of drug-likeness (QED) is 0.630. The van der Waals surface area contributed by atoms with Gasteiger partial charge in [0, 0.05) is 17.1 Å². The number of ether oxygens (including phenoxy) is 1. The number of hydrogen-bond acceptors (Lipinski definition) is 2. The summed E-state index contributed by atoms with van der Waals surface area (Å²) in [6.45, 7) is 9.72. The Labute approximate surface area is 68.5 Å². The molecule has 0 N–H and O–H groups in total. The van der Waals surface area contributed by atoms with E-state index in [2.05, 4.69) is 27.7 Å². The molecule has 0 bridgehead atoms. The van der Waals surface area contributed by atoms with Crippen molar-refractivity contribution in [1.82, 2.24) is 0 Å². The summed E-state index contributed by atoms with van der Waals surface area (Å²) < 4.78 is 5.39. The van der Waals surface area contributed by atoms with Gasteiger partial charge in [-0.05, 0) is 0 Å². The molecule has 0 saturated heterocycles. The van der Waals surface area contributed by atoms with Crippen molar-refractivity contribution >= 4 is 11.8 Å². The molecule has 0 aromatic carbocycles. The lowest BCUT2D eigenvalue weighted by atomic mass is 10.3. The first-order chi connectivity index (χ1) is 4.45. The maximum atomic E-state index is 5.03. The molecule has 0 spiro atoms. The first kappa shape index (κ1) is 10.3. The molecule has 0 unspecified atom stereocenters. The summed E-state index contributed by atoms with van der Waals surface area (Å²) in [7, 11) is 1.75. The average Bonchev–Trinajstić information content (AvgIpc) is 1.59. The Bertz CT molecular complexity index is 85.7. The van der Waals surface area contributed by atoms with Crippen LogP contribution in [0.25, 0.3) is 0 Å². The van der Waals surface area contributed by atoms with Crippen molar-refractivity contribution in [2.45, 2.75) is 37.7 Å². The standard InChI is InChI=1S/C8H18OS/c1-7(6-9-5)10-8(2,3)4/h7H,6H2,1-5H3/t7-/m1/s1. The van der Waals surface area contributed by atoms with E-state index in [1.165, 1.54) is 0 Å². The molecular formula is C8H18OS. The van der Waals surface area contributed by atoms with Crippen molar-refractivity contribution in [3.8, 4) is 0 Å². The van der Waals surface area contributed by atoms with E-state index >= 15 is 0 Å². The second-order valence-electron chi connectivity index (χ2n) is 3.50.